The van der Waals surface area contributed by atoms with Crippen molar-refractivity contribution in [2.75, 3.05) is 0 Å². The molecule has 0 aromatic heterocycles. The molecule has 0 bridgehead atoms. The Hall–Kier alpha value is -1.69. The Morgan fingerprint density at radius 2 is 2.03 bits per heavy atom. The number of hydrogen-bond donors (Lipinski definition) is 1. The molecular weight excluding hydrogens is 405 g/mol. The number of rotatable bonds is 1. The molecule has 3 nitrogen and oxygen atoms in total. The van der Waals surface area contributed by atoms with Crippen LogP contribution in [0.2, 0.25) is 0 Å². The fourth-order valence-corrected chi connectivity index (χ4v) is 6.76. The van der Waals surface area contributed by atoms with Crippen LogP contribution in [0.15, 0.2) is 29.3 Å². The van der Waals surface area contributed by atoms with E-state index in [4.69, 9.17) is 16.3 Å². The molecule has 29 heavy (non-hydrogen) atoms. The van der Waals surface area contributed by atoms with Crippen molar-refractivity contribution < 1.29 is 27.8 Å². The number of aromatic hydroxyl groups is 1. The molecule has 1 fully saturated rings. The Morgan fingerprint density at radius 3 is 2.69 bits per heavy atom. The van der Waals surface area contributed by atoms with E-state index in [2.05, 4.69) is 0 Å². The number of carbonyl (C=O) groups excluding carboxylic acids is 1. The highest BCUT2D eigenvalue weighted by Crippen LogP contribution is 2.67. The maximum absolute atomic E-state index is 14.5. The van der Waals surface area contributed by atoms with Crippen LogP contribution in [0, 0.1) is 17.3 Å². The summed E-state index contributed by atoms with van der Waals surface area (Å²) in [5.41, 5.74) is -1.96. The summed E-state index contributed by atoms with van der Waals surface area (Å²) in [7, 11) is 0. The molecule has 158 valence electrons. The molecule has 1 saturated carbocycles. The molecule has 1 aromatic carbocycles. The molecule has 0 spiro atoms. The Kier molecular flexibility index (Phi) is 4.72. The molecule has 1 N–H and O–H groups in total. The van der Waals surface area contributed by atoms with Gasteiger partial charge in [0.05, 0.1) is 5.03 Å². The monoisotopic (exact) mass is 428 g/mol. The molecule has 7 heteroatoms. The second-order valence-corrected chi connectivity index (χ2v) is 9.22. The number of ether oxygens (including phenoxy) is 1. The van der Waals surface area contributed by atoms with E-state index in [0.29, 0.717) is 19.3 Å². The minimum absolute atomic E-state index is 0.0316. The molecule has 0 aliphatic heterocycles. The van der Waals surface area contributed by atoms with Gasteiger partial charge in [0.25, 0.3) is 0 Å². The van der Waals surface area contributed by atoms with Gasteiger partial charge in [-0.25, -0.2) is 0 Å². The first-order valence-electron chi connectivity index (χ1n) is 9.95. The molecule has 1 unspecified atom stereocenters. The van der Waals surface area contributed by atoms with E-state index in [0.717, 1.165) is 24.5 Å². The maximum Gasteiger partial charge on any atom is 0.434 e. The summed E-state index contributed by atoms with van der Waals surface area (Å²) < 4.78 is 48.6. The van der Waals surface area contributed by atoms with Crippen LogP contribution in [-0.4, -0.2) is 22.9 Å². The number of allylic oxidation sites excluding steroid dienone is 1. The number of carbonyl (C=O) groups is 1. The summed E-state index contributed by atoms with van der Waals surface area (Å²) in [5.74, 6) is -0.926. The van der Waals surface area contributed by atoms with Gasteiger partial charge in [-0.3, -0.25) is 4.79 Å². The lowest BCUT2D eigenvalue weighted by Crippen LogP contribution is -2.66. The first-order valence-corrected chi connectivity index (χ1v) is 10.3. The van der Waals surface area contributed by atoms with Crippen molar-refractivity contribution in [1.29, 1.82) is 0 Å². The van der Waals surface area contributed by atoms with Crippen molar-refractivity contribution in [3.63, 3.8) is 0 Å². The third kappa shape index (κ3) is 2.82. The normalized spacial score (nSPS) is 36.3. The Bertz CT molecular complexity index is 881. The summed E-state index contributed by atoms with van der Waals surface area (Å²) in [6.07, 6.45) is -0.732. The lowest BCUT2D eigenvalue weighted by atomic mass is 9.47. The van der Waals surface area contributed by atoms with E-state index in [9.17, 15) is 23.1 Å². The summed E-state index contributed by atoms with van der Waals surface area (Å²) in [6, 6.07) is 5.31. The topological polar surface area (TPSA) is 46.5 Å². The van der Waals surface area contributed by atoms with Crippen LogP contribution < -0.4 is 0 Å². The van der Waals surface area contributed by atoms with Crippen molar-refractivity contribution in [3.8, 4) is 5.75 Å². The van der Waals surface area contributed by atoms with E-state index in [1.807, 2.05) is 6.07 Å². The average molecular weight is 429 g/mol. The van der Waals surface area contributed by atoms with Crippen LogP contribution in [0.4, 0.5) is 13.2 Å². The second-order valence-electron chi connectivity index (χ2n) is 8.82. The number of alkyl halides is 3. The van der Waals surface area contributed by atoms with Gasteiger partial charge in [0, 0.05) is 12.3 Å². The van der Waals surface area contributed by atoms with Crippen molar-refractivity contribution in [1.82, 2.24) is 0 Å². The predicted molar refractivity (Wildman–Crippen MR) is 103 cm³/mol. The Labute approximate surface area is 172 Å². The van der Waals surface area contributed by atoms with E-state index < -0.39 is 28.2 Å². The van der Waals surface area contributed by atoms with Crippen LogP contribution in [0.1, 0.15) is 56.6 Å². The molecule has 4 rings (SSSR count). The number of aryl methyl sites for hydroxylation is 1. The van der Waals surface area contributed by atoms with Gasteiger partial charge in [-0.05, 0) is 73.1 Å². The lowest BCUT2D eigenvalue weighted by molar-refractivity contribution is -0.306. The van der Waals surface area contributed by atoms with Gasteiger partial charge < -0.3 is 9.84 Å². The van der Waals surface area contributed by atoms with Gasteiger partial charge >= 0.3 is 12.1 Å². The summed E-state index contributed by atoms with van der Waals surface area (Å²) in [4.78, 5) is 11.8. The van der Waals surface area contributed by atoms with Crippen LogP contribution in [0.3, 0.4) is 0 Å². The summed E-state index contributed by atoms with van der Waals surface area (Å²) in [5, 5.41) is 9.36. The molecular formula is C22H24ClF3O3. The number of fused-ring (bicyclic) bond motifs is 5. The fraction of sp³-hybridized carbons (Fsp3) is 0.591. The summed E-state index contributed by atoms with van der Waals surface area (Å²) in [6.45, 7) is 2.59. The number of halogens is 4. The molecule has 3 aliphatic carbocycles. The number of esters is 1. The second kappa shape index (κ2) is 6.66. The minimum Gasteiger partial charge on any atom is -0.508 e. The molecule has 0 radical (unpaired) electrons. The van der Waals surface area contributed by atoms with Crippen LogP contribution >= 0.6 is 11.6 Å². The van der Waals surface area contributed by atoms with Gasteiger partial charge in [0.1, 0.15) is 5.75 Å². The van der Waals surface area contributed by atoms with Gasteiger partial charge in [-0.1, -0.05) is 30.7 Å². The molecule has 3 aliphatic rings. The van der Waals surface area contributed by atoms with E-state index in [-0.39, 0.29) is 29.9 Å². The van der Waals surface area contributed by atoms with Gasteiger partial charge in [-0.2, -0.15) is 13.2 Å². The quantitative estimate of drug-likeness (QED) is 0.571. The Balaban J connectivity index is 1.81. The van der Waals surface area contributed by atoms with Gasteiger partial charge in [0.2, 0.25) is 5.60 Å². The van der Waals surface area contributed by atoms with E-state index in [1.54, 1.807) is 19.1 Å². The molecule has 0 heterocycles. The van der Waals surface area contributed by atoms with Crippen molar-refractivity contribution >= 4 is 17.6 Å². The fourth-order valence-electron chi connectivity index (χ4n) is 6.31. The average Bonchev–Trinajstić information content (AvgIpc) is 2.62. The molecule has 5 atom stereocenters. The van der Waals surface area contributed by atoms with E-state index >= 15 is 0 Å². The van der Waals surface area contributed by atoms with Crippen molar-refractivity contribution in [2.24, 2.45) is 17.3 Å². The van der Waals surface area contributed by atoms with Gasteiger partial charge in [-0.15, -0.1) is 0 Å². The molecule has 0 saturated heterocycles. The van der Waals surface area contributed by atoms with Crippen molar-refractivity contribution in [3.05, 3.63) is 40.4 Å². The first kappa shape index (κ1) is 20.6. The third-order valence-corrected chi connectivity index (χ3v) is 7.91. The first-order chi connectivity index (χ1) is 13.5. The summed E-state index contributed by atoms with van der Waals surface area (Å²) >= 11 is 6.19. The zero-order chi connectivity index (χ0) is 21.2. The number of benzene rings is 1. The van der Waals surface area contributed by atoms with Crippen molar-refractivity contribution in [2.45, 2.75) is 63.6 Å². The zero-order valence-electron chi connectivity index (χ0n) is 16.4. The van der Waals surface area contributed by atoms with E-state index in [1.165, 1.54) is 6.08 Å². The molecule has 1 aromatic rings. The predicted octanol–water partition coefficient (Wildman–Crippen LogP) is 5.85. The van der Waals surface area contributed by atoms with Gasteiger partial charge in [0.15, 0.2) is 0 Å². The Morgan fingerprint density at radius 1 is 1.31 bits per heavy atom. The number of hydrogen-bond acceptors (Lipinski definition) is 3. The third-order valence-electron chi connectivity index (χ3n) is 7.49. The highest BCUT2D eigenvalue weighted by atomic mass is 35.5. The highest BCUT2D eigenvalue weighted by molar-refractivity contribution is 6.31. The standard InChI is InChI=1S/C22H24ClF3O3/c1-12(27)29-21(22(24,25)26)19(23)8-7-18-17-5-3-13-11-14(28)4-6-15(13)16(17)9-10-20(18,21)2/h4,6,8,11,16-18,28H,3,5,7,9-10H2,1-2H3/t16-,17-,18+,20+,21?/m1/s1. The van der Waals surface area contributed by atoms with Crippen LogP contribution in [0.5, 0.6) is 5.75 Å². The van der Waals surface area contributed by atoms with Crippen LogP contribution in [0.25, 0.3) is 0 Å². The smallest absolute Gasteiger partial charge is 0.434 e. The minimum atomic E-state index is -4.81. The van der Waals surface area contributed by atoms with Crippen LogP contribution in [-0.2, 0) is 16.0 Å². The maximum atomic E-state index is 14.5. The highest BCUT2D eigenvalue weighted by Gasteiger charge is 2.74. The lowest BCUT2D eigenvalue weighted by Gasteiger charge is -2.60. The number of phenols is 1. The number of phenolic OH excluding ortho intramolecular Hbond substituents is 1. The molecule has 0 amide bonds. The zero-order valence-corrected chi connectivity index (χ0v) is 17.1. The SMILES string of the molecule is CC(=O)OC1(C(F)(F)F)C(Cl)=CC[C@H]2[C@@H]3CCc4cc(O)ccc4[C@H]3CC[C@@]21C. The largest absolute Gasteiger partial charge is 0.508 e.